The first-order valence-corrected chi connectivity index (χ1v) is 8.16. The maximum Gasteiger partial charge on any atom is 0.307 e. The lowest BCUT2D eigenvalue weighted by molar-refractivity contribution is -0.121. The summed E-state index contributed by atoms with van der Waals surface area (Å²) >= 11 is 1.15. The zero-order valence-corrected chi connectivity index (χ0v) is 14.0. The van der Waals surface area contributed by atoms with E-state index in [-0.39, 0.29) is 17.2 Å². The van der Waals surface area contributed by atoms with Gasteiger partial charge < -0.3 is 19.4 Å². The third-order valence-electron chi connectivity index (χ3n) is 3.27. The fourth-order valence-corrected chi connectivity index (χ4v) is 2.79. The first kappa shape index (κ1) is 17.1. The van der Waals surface area contributed by atoms with Gasteiger partial charge in [-0.25, -0.2) is 0 Å². The Morgan fingerprint density at radius 3 is 2.83 bits per heavy atom. The van der Waals surface area contributed by atoms with Gasteiger partial charge in [-0.05, 0) is 19.1 Å². The number of amides is 1. The van der Waals surface area contributed by atoms with Crippen molar-refractivity contribution in [2.24, 2.45) is 0 Å². The van der Waals surface area contributed by atoms with E-state index in [1.807, 2.05) is 25.1 Å². The minimum Gasteiger partial charge on any atom is -0.497 e. The van der Waals surface area contributed by atoms with E-state index in [1.54, 1.807) is 23.1 Å². The molecule has 0 bridgehead atoms. The fourth-order valence-electron chi connectivity index (χ4n) is 2.03. The first-order valence-electron chi connectivity index (χ1n) is 7.28. The molecule has 0 spiro atoms. The normalized spacial score (nSPS) is 10.3. The Hall–Kier alpha value is -2.28. The number of carbonyl (C=O) groups excluding carboxylic acids is 1. The van der Waals surface area contributed by atoms with E-state index in [1.165, 1.54) is 0 Å². The van der Waals surface area contributed by atoms with Crippen LogP contribution in [0.3, 0.4) is 0 Å². The Morgan fingerprint density at radius 2 is 2.13 bits per heavy atom. The van der Waals surface area contributed by atoms with Gasteiger partial charge in [0.15, 0.2) is 0 Å². The van der Waals surface area contributed by atoms with Crippen LogP contribution in [0.5, 0.6) is 11.5 Å². The van der Waals surface area contributed by atoms with Crippen LogP contribution in [0, 0.1) is 6.92 Å². The smallest absolute Gasteiger partial charge is 0.307 e. The van der Waals surface area contributed by atoms with Crippen LogP contribution < -0.4 is 19.7 Å². The maximum atomic E-state index is 11.8. The Kier molecular flexibility index (Phi) is 6.22. The number of nitrogens with zero attached hydrogens (tertiary/aromatic N) is 1. The summed E-state index contributed by atoms with van der Waals surface area (Å²) in [5.41, 5.74) is 0.883. The zero-order chi connectivity index (χ0) is 16.7. The molecule has 1 aromatic heterocycles. The van der Waals surface area contributed by atoms with E-state index in [0.29, 0.717) is 25.4 Å². The van der Waals surface area contributed by atoms with Crippen molar-refractivity contribution in [3.8, 4) is 11.5 Å². The van der Waals surface area contributed by atoms with E-state index < -0.39 is 0 Å². The number of carbonyl (C=O) groups is 1. The summed E-state index contributed by atoms with van der Waals surface area (Å²) in [7, 11) is 1.60. The van der Waals surface area contributed by atoms with Gasteiger partial charge in [0.05, 0.1) is 13.7 Å². The topological polar surface area (TPSA) is 69.6 Å². The van der Waals surface area contributed by atoms with Gasteiger partial charge >= 0.3 is 4.87 Å². The number of hydrogen-bond acceptors (Lipinski definition) is 5. The third-order valence-corrected chi connectivity index (χ3v) is 4.15. The number of nitrogens with one attached hydrogen (secondary N) is 1. The Morgan fingerprint density at radius 1 is 1.35 bits per heavy atom. The number of aromatic nitrogens is 1. The van der Waals surface area contributed by atoms with Gasteiger partial charge in [-0.15, -0.1) is 0 Å². The molecule has 0 unspecified atom stereocenters. The van der Waals surface area contributed by atoms with Gasteiger partial charge in [-0.1, -0.05) is 17.4 Å². The SMILES string of the molecule is COc1cccc(OCCNC(=O)CCn2c(C)csc2=O)c1. The number of thiazole rings is 1. The molecule has 0 radical (unpaired) electrons. The van der Waals surface area contributed by atoms with Gasteiger partial charge in [0.25, 0.3) is 0 Å². The molecule has 0 aliphatic heterocycles. The molecule has 1 aromatic carbocycles. The summed E-state index contributed by atoms with van der Waals surface area (Å²) in [4.78, 5) is 23.3. The maximum absolute atomic E-state index is 11.8. The molecule has 1 amide bonds. The van der Waals surface area contributed by atoms with E-state index in [9.17, 15) is 9.59 Å². The van der Waals surface area contributed by atoms with Crippen molar-refractivity contribution in [3.05, 3.63) is 45.0 Å². The number of benzene rings is 1. The molecule has 124 valence electrons. The van der Waals surface area contributed by atoms with Gasteiger partial charge in [0.2, 0.25) is 5.91 Å². The molecule has 0 saturated carbocycles. The zero-order valence-electron chi connectivity index (χ0n) is 13.2. The molecular weight excluding hydrogens is 316 g/mol. The standard InChI is InChI=1S/C16H20N2O4S/c1-12-11-23-16(20)18(12)8-6-15(19)17-7-9-22-14-5-3-4-13(10-14)21-2/h3-5,10-11H,6-9H2,1-2H3,(H,17,19). The molecule has 1 heterocycles. The van der Waals surface area contributed by atoms with Crippen LogP contribution in [-0.4, -0.2) is 30.7 Å². The van der Waals surface area contributed by atoms with Gasteiger partial charge in [-0.2, -0.15) is 0 Å². The number of aryl methyl sites for hydroxylation is 1. The summed E-state index contributed by atoms with van der Waals surface area (Å²) in [5.74, 6) is 1.32. The highest BCUT2D eigenvalue weighted by Crippen LogP contribution is 2.18. The number of hydrogen-bond donors (Lipinski definition) is 1. The largest absolute Gasteiger partial charge is 0.497 e. The van der Waals surface area contributed by atoms with Crippen molar-refractivity contribution in [2.45, 2.75) is 19.9 Å². The predicted molar refractivity (Wildman–Crippen MR) is 89.4 cm³/mol. The molecule has 0 aliphatic carbocycles. The molecule has 23 heavy (non-hydrogen) atoms. The van der Waals surface area contributed by atoms with Gasteiger partial charge in [-0.3, -0.25) is 9.59 Å². The number of rotatable bonds is 8. The highest BCUT2D eigenvalue weighted by molar-refractivity contribution is 7.07. The van der Waals surface area contributed by atoms with Crippen LogP contribution in [0.2, 0.25) is 0 Å². The second-order valence-corrected chi connectivity index (χ2v) is 5.74. The van der Waals surface area contributed by atoms with Crippen molar-refractivity contribution in [2.75, 3.05) is 20.3 Å². The molecule has 0 atom stereocenters. The second-order valence-electron chi connectivity index (χ2n) is 4.92. The summed E-state index contributed by atoms with van der Waals surface area (Å²) < 4.78 is 12.3. The van der Waals surface area contributed by atoms with Crippen LogP contribution in [0.1, 0.15) is 12.1 Å². The van der Waals surface area contributed by atoms with E-state index >= 15 is 0 Å². The molecular formula is C16H20N2O4S. The highest BCUT2D eigenvalue weighted by atomic mass is 32.1. The summed E-state index contributed by atoms with van der Waals surface area (Å²) in [6.07, 6.45) is 0.274. The first-order chi connectivity index (χ1) is 11.1. The minimum atomic E-state index is -0.100. The van der Waals surface area contributed by atoms with Crippen LogP contribution in [0.4, 0.5) is 0 Å². The van der Waals surface area contributed by atoms with Crippen molar-refractivity contribution >= 4 is 17.2 Å². The van der Waals surface area contributed by atoms with Crippen LogP contribution in [-0.2, 0) is 11.3 Å². The monoisotopic (exact) mass is 336 g/mol. The lowest BCUT2D eigenvalue weighted by Crippen LogP contribution is -2.29. The average Bonchev–Trinajstić information content (AvgIpc) is 2.88. The molecule has 0 aliphatic rings. The summed E-state index contributed by atoms with van der Waals surface area (Å²) in [6.45, 7) is 3.04. The molecule has 0 fully saturated rings. The number of methoxy groups -OCH3 is 1. The Bertz CT molecular complexity index is 708. The van der Waals surface area contributed by atoms with Crippen LogP contribution in [0.25, 0.3) is 0 Å². The van der Waals surface area contributed by atoms with Crippen LogP contribution in [0.15, 0.2) is 34.4 Å². The van der Waals surface area contributed by atoms with Crippen molar-refractivity contribution in [3.63, 3.8) is 0 Å². The molecule has 6 nitrogen and oxygen atoms in total. The molecule has 2 aromatic rings. The molecule has 7 heteroatoms. The average molecular weight is 336 g/mol. The Balaban J connectivity index is 1.68. The van der Waals surface area contributed by atoms with Crippen molar-refractivity contribution < 1.29 is 14.3 Å². The summed E-state index contributed by atoms with van der Waals surface area (Å²) in [6, 6.07) is 7.29. The Labute approximate surface area is 138 Å². The predicted octanol–water partition coefficient (Wildman–Crippen LogP) is 1.81. The van der Waals surface area contributed by atoms with Crippen LogP contribution >= 0.6 is 11.3 Å². The third kappa shape index (κ3) is 5.14. The minimum absolute atomic E-state index is 0.0309. The molecule has 0 saturated heterocycles. The number of ether oxygens (including phenoxy) is 2. The van der Waals surface area contributed by atoms with Crippen molar-refractivity contribution in [1.82, 2.24) is 9.88 Å². The van der Waals surface area contributed by atoms with Crippen molar-refractivity contribution in [1.29, 1.82) is 0 Å². The lowest BCUT2D eigenvalue weighted by Gasteiger charge is -2.09. The van der Waals surface area contributed by atoms with E-state index in [2.05, 4.69) is 5.32 Å². The lowest BCUT2D eigenvalue weighted by atomic mass is 10.3. The quantitative estimate of drug-likeness (QED) is 0.747. The van der Waals surface area contributed by atoms with E-state index in [0.717, 1.165) is 22.8 Å². The van der Waals surface area contributed by atoms with Gasteiger partial charge in [0.1, 0.15) is 18.1 Å². The van der Waals surface area contributed by atoms with Gasteiger partial charge in [0, 0.05) is 30.1 Å². The highest BCUT2D eigenvalue weighted by Gasteiger charge is 2.06. The molecule has 2 rings (SSSR count). The second kappa shape index (κ2) is 8.38. The summed E-state index contributed by atoms with van der Waals surface area (Å²) in [5, 5.41) is 4.57. The molecule has 1 N–H and O–H groups in total. The van der Waals surface area contributed by atoms with E-state index in [4.69, 9.17) is 9.47 Å². The fraction of sp³-hybridized carbons (Fsp3) is 0.375.